The van der Waals surface area contributed by atoms with Gasteiger partial charge in [-0.05, 0) is 62.5 Å². The van der Waals surface area contributed by atoms with E-state index in [1.54, 1.807) is 12.1 Å². The van der Waals surface area contributed by atoms with Gasteiger partial charge in [-0.1, -0.05) is 6.92 Å². The first-order valence-electron chi connectivity index (χ1n) is 6.35. The number of hydrogen-bond donors (Lipinski definition) is 2. The van der Waals surface area contributed by atoms with Gasteiger partial charge in [-0.2, -0.15) is 0 Å². The molecule has 0 heterocycles. The smallest absolute Gasteiger partial charge is 0.157 e. The van der Waals surface area contributed by atoms with Gasteiger partial charge in [0.05, 0.1) is 0 Å². The number of phenolic OH excluding ortho intramolecular Hbond substituents is 2. The molecule has 0 fully saturated rings. The number of rotatable bonds is 3. The molecule has 1 unspecified atom stereocenters. The van der Waals surface area contributed by atoms with Crippen LogP contribution in [-0.4, -0.2) is 34.7 Å². The highest BCUT2D eigenvalue weighted by Gasteiger charge is 2.22. The van der Waals surface area contributed by atoms with Crippen LogP contribution in [0.5, 0.6) is 11.5 Å². The highest BCUT2D eigenvalue weighted by molar-refractivity contribution is 8.93. The molecule has 0 aliphatic heterocycles. The first kappa shape index (κ1) is 15.3. The topological polar surface area (TPSA) is 43.7 Å². The summed E-state index contributed by atoms with van der Waals surface area (Å²) in [6, 6.07) is 3.99. The second kappa shape index (κ2) is 6.43. The van der Waals surface area contributed by atoms with E-state index in [9.17, 15) is 10.2 Å². The zero-order valence-electron chi connectivity index (χ0n) is 11.0. The first-order valence-corrected chi connectivity index (χ1v) is 6.35. The van der Waals surface area contributed by atoms with Gasteiger partial charge < -0.3 is 15.1 Å². The molecule has 3 nitrogen and oxygen atoms in total. The van der Waals surface area contributed by atoms with Crippen molar-refractivity contribution in [1.82, 2.24) is 4.90 Å². The standard InChI is InChI=1S/C14H21NO2.BrH/c1-3-6-15(2)12-5-4-10-8-13(16)14(17)9-11(10)7-12;/h8-9,12,16-17H,3-7H2,1-2H3;1H. The van der Waals surface area contributed by atoms with E-state index in [0.29, 0.717) is 6.04 Å². The molecular weight excluding hydrogens is 294 g/mol. The molecule has 18 heavy (non-hydrogen) atoms. The number of fused-ring (bicyclic) bond motifs is 1. The van der Waals surface area contributed by atoms with Crippen molar-refractivity contribution >= 4 is 17.0 Å². The Bertz CT molecular complexity index is 409. The lowest BCUT2D eigenvalue weighted by atomic mass is 9.87. The molecule has 2 rings (SSSR count). The largest absolute Gasteiger partial charge is 0.504 e. The van der Waals surface area contributed by atoms with Crippen LogP contribution in [0.1, 0.15) is 30.9 Å². The number of phenols is 2. The molecule has 1 aliphatic carbocycles. The van der Waals surface area contributed by atoms with Crippen LogP contribution in [0.15, 0.2) is 12.1 Å². The average molecular weight is 316 g/mol. The van der Waals surface area contributed by atoms with E-state index in [0.717, 1.165) is 25.8 Å². The summed E-state index contributed by atoms with van der Waals surface area (Å²) in [6.07, 6.45) is 4.26. The number of halogens is 1. The number of hydrogen-bond acceptors (Lipinski definition) is 3. The Morgan fingerprint density at radius 3 is 2.44 bits per heavy atom. The molecule has 0 saturated carbocycles. The zero-order chi connectivity index (χ0) is 12.4. The third kappa shape index (κ3) is 3.18. The molecule has 0 amide bonds. The zero-order valence-corrected chi connectivity index (χ0v) is 12.7. The molecule has 1 atom stereocenters. The third-order valence-electron chi connectivity index (χ3n) is 3.70. The SMILES string of the molecule is Br.CCCN(C)C1CCc2cc(O)c(O)cc2C1. The predicted molar refractivity (Wildman–Crippen MR) is 78.8 cm³/mol. The van der Waals surface area contributed by atoms with Gasteiger partial charge in [0.2, 0.25) is 0 Å². The first-order chi connectivity index (χ1) is 8.11. The molecule has 4 heteroatoms. The van der Waals surface area contributed by atoms with Crippen molar-refractivity contribution in [3.8, 4) is 11.5 Å². The Balaban J connectivity index is 0.00000162. The summed E-state index contributed by atoms with van der Waals surface area (Å²) in [5, 5.41) is 19.0. The number of benzene rings is 1. The molecule has 1 aliphatic rings. The highest BCUT2D eigenvalue weighted by Crippen LogP contribution is 2.33. The maximum Gasteiger partial charge on any atom is 0.157 e. The maximum atomic E-state index is 9.54. The van der Waals surface area contributed by atoms with Crippen LogP contribution in [0.25, 0.3) is 0 Å². The molecule has 102 valence electrons. The van der Waals surface area contributed by atoms with Crippen molar-refractivity contribution in [1.29, 1.82) is 0 Å². The van der Waals surface area contributed by atoms with Gasteiger partial charge in [-0.15, -0.1) is 17.0 Å². The monoisotopic (exact) mass is 315 g/mol. The lowest BCUT2D eigenvalue weighted by Gasteiger charge is -2.32. The second-order valence-corrected chi connectivity index (χ2v) is 4.99. The maximum absolute atomic E-state index is 9.54. The fourth-order valence-corrected chi connectivity index (χ4v) is 2.68. The van der Waals surface area contributed by atoms with Crippen LogP contribution in [0, 0.1) is 0 Å². The van der Waals surface area contributed by atoms with E-state index in [1.165, 1.54) is 17.5 Å². The molecular formula is C14H22BrNO2. The van der Waals surface area contributed by atoms with Crippen molar-refractivity contribution < 1.29 is 10.2 Å². The van der Waals surface area contributed by atoms with Crippen molar-refractivity contribution in [3.05, 3.63) is 23.3 Å². The minimum Gasteiger partial charge on any atom is -0.504 e. The molecule has 0 bridgehead atoms. The van der Waals surface area contributed by atoms with Crippen LogP contribution in [0.3, 0.4) is 0 Å². The Hall–Kier alpha value is -0.740. The minimum absolute atomic E-state index is 0. The summed E-state index contributed by atoms with van der Waals surface area (Å²) in [6.45, 7) is 3.31. The Kier molecular flexibility index (Phi) is 5.47. The van der Waals surface area contributed by atoms with Crippen LogP contribution < -0.4 is 0 Å². The molecule has 0 spiro atoms. The van der Waals surface area contributed by atoms with E-state index >= 15 is 0 Å². The van der Waals surface area contributed by atoms with E-state index < -0.39 is 0 Å². The van der Waals surface area contributed by atoms with Gasteiger partial charge in [-0.3, -0.25) is 0 Å². The Morgan fingerprint density at radius 1 is 1.22 bits per heavy atom. The van der Waals surface area contributed by atoms with Crippen molar-refractivity contribution in [2.45, 2.75) is 38.6 Å². The summed E-state index contributed by atoms with van der Waals surface area (Å²) in [5.74, 6) is 0.00616. The summed E-state index contributed by atoms with van der Waals surface area (Å²) >= 11 is 0. The Labute approximate surface area is 119 Å². The quantitative estimate of drug-likeness (QED) is 0.843. The van der Waals surface area contributed by atoms with Crippen molar-refractivity contribution in [2.75, 3.05) is 13.6 Å². The lowest BCUT2D eigenvalue weighted by molar-refractivity contribution is 0.222. The van der Waals surface area contributed by atoms with Crippen molar-refractivity contribution in [3.63, 3.8) is 0 Å². The number of aryl methyl sites for hydroxylation is 1. The fourth-order valence-electron chi connectivity index (χ4n) is 2.68. The molecule has 0 aromatic heterocycles. The second-order valence-electron chi connectivity index (χ2n) is 4.99. The van der Waals surface area contributed by atoms with Gasteiger partial charge in [0, 0.05) is 6.04 Å². The molecule has 1 aromatic carbocycles. The van der Waals surface area contributed by atoms with Gasteiger partial charge in [0.15, 0.2) is 11.5 Å². The van der Waals surface area contributed by atoms with E-state index in [2.05, 4.69) is 18.9 Å². The van der Waals surface area contributed by atoms with Gasteiger partial charge in [0.1, 0.15) is 0 Å². The predicted octanol–water partition coefficient (Wildman–Crippen LogP) is 2.87. The summed E-state index contributed by atoms with van der Waals surface area (Å²) < 4.78 is 0. The molecule has 1 aromatic rings. The molecule has 0 radical (unpaired) electrons. The molecule has 0 saturated heterocycles. The van der Waals surface area contributed by atoms with Crippen LogP contribution in [0.4, 0.5) is 0 Å². The lowest BCUT2D eigenvalue weighted by Crippen LogP contribution is -2.36. The average Bonchev–Trinajstić information content (AvgIpc) is 2.30. The van der Waals surface area contributed by atoms with E-state index in [-0.39, 0.29) is 28.5 Å². The van der Waals surface area contributed by atoms with Crippen LogP contribution in [0.2, 0.25) is 0 Å². The van der Waals surface area contributed by atoms with Crippen LogP contribution in [-0.2, 0) is 12.8 Å². The molecule has 2 N–H and O–H groups in total. The minimum atomic E-state index is 0. The third-order valence-corrected chi connectivity index (χ3v) is 3.70. The van der Waals surface area contributed by atoms with Crippen LogP contribution >= 0.6 is 17.0 Å². The summed E-state index contributed by atoms with van der Waals surface area (Å²) in [4.78, 5) is 2.40. The van der Waals surface area contributed by atoms with Gasteiger partial charge in [-0.25, -0.2) is 0 Å². The van der Waals surface area contributed by atoms with Gasteiger partial charge in [0.25, 0.3) is 0 Å². The number of likely N-dealkylation sites (N-methyl/N-ethyl adjacent to an activating group) is 1. The van der Waals surface area contributed by atoms with Crippen molar-refractivity contribution in [2.24, 2.45) is 0 Å². The summed E-state index contributed by atoms with van der Waals surface area (Å²) in [5.41, 5.74) is 2.36. The fraction of sp³-hybridized carbons (Fsp3) is 0.571. The Morgan fingerprint density at radius 2 is 1.83 bits per heavy atom. The van der Waals surface area contributed by atoms with E-state index in [4.69, 9.17) is 0 Å². The number of aromatic hydroxyl groups is 2. The van der Waals surface area contributed by atoms with Gasteiger partial charge >= 0.3 is 0 Å². The summed E-state index contributed by atoms with van der Waals surface area (Å²) in [7, 11) is 2.17. The normalized spacial score (nSPS) is 18.3. The van der Waals surface area contributed by atoms with E-state index in [1.807, 2.05) is 0 Å². The number of nitrogens with zero attached hydrogens (tertiary/aromatic N) is 1. The highest BCUT2D eigenvalue weighted by atomic mass is 79.9.